The first-order valence-electron chi connectivity index (χ1n) is 6.33. The highest BCUT2D eigenvalue weighted by Crippen LogP contribution is 2.11. The van der Waals surface area contributed by atoms with E-state index in [0.717, 1.165) is 0 Å². The molecule has 0 atom stereocenters. The lowest BCUT2D eigenvalue weighted by Crippen LogP contribution is -2.08. The molecule has 1 aromatic carbocycles. The number of rotatable bonds is 6. The molecule has 2 rings (SSSR count). The predicted octanol–water partition coefficient (Wildman–Crippen LogP) is 1.41. The van der Waals surface area contributed by atoms with Gasteiger partial charge in [-0.15, -0.1) is 5.10 Å². The number of carbonyl (C=O) groups excluding carboxylic acids is 1. The minimum atomic E-state index is -0.553. The number of aryl methyl sites for hydroxylation is 1. The molecule has 2 aromatic rings. The fourth-order valence-corrected chi connectivity index (χ4v) is 1.63. The number of nitrogens with zero attached hydrogens (tertiary/aromatic N) is 4. The average Bonchev–Trinajstić information content (AvgIpc) is 3.00. The molecule has 0 amide bonds. The third kappa shape index (κ3) is 4.04. The van der Waals surface area contributed by atoms with Gasteiger partial charge in [0.15, 0.2) is 0 Å². The molecule has 0 spiro atoms. The van der Waals surface area contributed by atoms with Gasteiger partial charge in [-0.2, -0.15) is 5.26 Å². The highest BCUT2D eigenvalue weighted by atomic mass is 16.5. The van der Waals surface area contributed by atoms with E-state index in [-0.39, 0.29) is 5.82 Å². The molecule has 21 heavy (non-hydrogen) atoms. The van der Waals surface area contributed by atoms with Crippen LogP contribution >= 0.6 is 0 Å². The van der Waals surface area contributed by atoms with Gasteiger partial charge in [0.25, 0.3) is 5.82 Å². The van der Waals surface area contributed by atoms with E-state index in [1.807, 2.05) is 6.07 Å². The van der Waals surface area contributed by atoms with Gasteiger partial charge in [-0.25, -0.2) is 9.78 Å². The number of ether oxygens (including phenoxy) is 2. The Morgan fingerprint density at radius 2 is 2.14 bits per heavy atom. The topological polar surface area (TPSA) is 90.0 Å². The largest absolute Gasteiger partial charge is 0.494 e. The van der Waals surface area contributed by atoms with Crippen molar-refractivity contribution < 1.29 is 14.3 Å². The molecule has 0 fully saturated rings. The van der Waals surface area contributed by atoms with E-state index in [2.05, 4.69) is 14.8 Å². The van der Waals surface area contributed by atoms with Gasteiger partial charge in [-0.05, 0) is 24.3 Å². The van der Waals surface area contributed by atoms with Crippen LogP contribution in [0.4, 0.5) is 0 Å². The first kappa shape index (κ1) is 14.5. The van der Waals surface area contributed by atoms with E-state index >= 15 is 0 Å². The fourth-order valence-electron chi connectivity index (χ4n) is 1.63. The average molecular weight is 286 g/mol. The highest BCUT2D eigenvalue weighted by molar-refractivity contribution is 5.84. The second-order valence-corrected chi connectivity index (χ2v) is 4.16. The molecule has 0 aliphatic rings. The summed E-state index contributed by atoms with van der Waals surface area (Å²) in [5, 5.41) is 12.7. The van der Waals surface area contributed by atoms with Crippen LogP contribution in [0, 0.1) is 11.3 Å². The van der Waals surface area contributed by atoms with Gasteiger partial charge in [0, 0.05) is 13.0 Å². The Bertz CT molecular complexity index is 643. The summed E-state index contributed by atoms with van der Waals surface area (Å²) in [5.41, 5.74) is 0.598. The van der Waals surface area contributed by atoms with Gasteiger partial charge in [-0.1, -0.05) is 0 Å². The normalized spacial score (nSPS) is 9.90. The SMILES string of the molecule is COC(=O)c1ncn(CCCOc2ccc(C#N)cc2)n1. The maximum atomic E-state index is 11.2. The number of hydrogen-bond acceptors (Lipinski definition) is 6. The van der Waals surface area contributed by atoms with Crippen LogP contribution in [0.25, 0.3) is 0 Å². The monoisotopic (exact) mass is 286 g/mol. The van der Waals surface area contributed by atoms with Crippen molar-refractivity contribution in [1.82, 2.24) is 14.8 Å². The number of benzene rings is 1. The van der Waals surface area contributed by atoms with Crippen LogP contribution < -0.4 is 4.74 Å². The van der Waals surface area contributed by atoms with Crippen molar-refractivity contribution in [3.63, 3.8) is 0 Å². The molecular weight excluding hydrogens is 272 g/mol. The van der Waals surface area contributed by atoms with Gasteiger partial charge < -0.3 is 9.47 Å². The zero-order chi connectivity index (χ0) is 15.1. The second-order valence-electron chi connectivity index (χ2n) is 4.16. The number of methoxy groups -OCH3 is 1. The van der Waals surface area contributed by atoms with Crippen LogP contribution in [0.1, 0.15) is 22.6 Å². The molecule has 7 heteroatoms. The lowest BCUT2D eigenvalue weighted by atomic mass is 10.2. The molecule has 0 saturated carbocycles. The highest BCUT2D eigenvalue weighted by Gasteiger charge is 2.10. The fraction of sp³-hybridized carbons (Fsp3) is 0.286. The van der Waals surface area contributed by atoms with Crippen molar-refractivity contribution in [3.05, 3.63) is 42.0 Å². The van der Waals surface area contributed by atoms with Gasteiger partial charge in [0.2, 0.25) is 0 Å². The molecule has 0 saturated heterocycles. The maximum absolute atomic E-state index is 11.2. The molecule has 0 aliphatic heterocycles. The van der Waals surface area contributed by atoms with E-state index in [4.69, 9.17) is 10.00 Å². The number of carbonyl (C=O) groups is 1. The van der Waals surface area contributed by atoms with Crippen LogP contribution in [0.5, 0.6) is 5.75 Å². The quantitative estimate of drug-likeness (QED) is 0.589. The summed E-state index contributed by atoms with van der Waals surface area (Å²) >= 11 is 0. The summed E-state index contributed by atoms with van der Waals surface area (Å²) in [5.74, 6) is 0.205. The Labute approximate surface area is 121 Å². The molecule has 1 heterocycles. The number of nitriles is 1. The van der Waals surface area contributed by atoms with Gasteiger partial charge >= 0.3 is 5.97 Å². The zero-order valence-electron chi connectivity index (χ0n) is 11.5. The zero-order valence-corrected chi connectivity index (χ0v) is 11.5. The van der Waals surface area contributed by atoms with Crippen molar-refractivity contribution in [2.75, 3.05) is 13.7 Å². The molecule has 0 bridgehead atoms. The summed E-state index contributed by atoms with van der Waals surface area (Å²) in [6.07, 6.45) is 2.19. The Morgan fingerprint density at radius 1 is 1.38 bits per heavy atom. The lowest BCUT2D eigenvalue weighted by Gasteiger charge is -2.05. The van der Waals surface area contributed by atoms with E-state index in [0.29, 0.717) is 30.9 Å². The Kier molecular flexibility index (Phi) is 4.88. The third-order valence-electron chi connectivity index (χ3n) is 2.69. The summed E-state index contributed by atoms with van der Waals surface area (Å²) in [6.45, 7) is 1.08. The van der Waals surface area contributed by atoms with Crippen molar-refractivity contribution in [3.8, 4) is 11.8 Å². The van der Waals surface area contributed by atoms with Crippen LogP contribution in [0.3, 0.4) is 0 Å². The van der Waals surface area contributed by atoms with E-state index in [1.165, 1.54) is 13.4 Å². The van der Waals surface area contributed by atoms with Crippen molar-refractivity contribution in [1.29, 1.82) is 5.26 Å². The Hall–Kier alpha value is -2.88. The number of aromatic nitrogens is 3. The van der Waals surface area contributed by atoms with Gasteiger partial charge in [0.1, 0.15) is 12.1 Å². The number of esters is 1. The van der Waals surface area contributed by atoms with Crippen LogP contribution in [0.15, 0.2) is 30.6 Å². The van der Waals surface area contributed by atoms with Crippen molar-refractivity contribution in [2.45, 2.75) is 13.0 Å². The lowest BCUT2D eigenvalue weighted by molar-refractivity contribution is 0.0586. The minimum absolute atomic E-state index is 0.0468. The maximum Gasteiger partial charge on any atom is 0.377 e. The van der Waals surface area contributed by atoms with E-state index in [1.54, 1.807) is 28.9 Å². The van der Waals surface area contributed by atoms with Gasteiger partial charge in [0.05, 0.1) is 25.3 Å². The number of hydrogen-bond donors (Lipinski definition) is 0. The molecular formula is C14H14N4O3. The first-order valence-corrected chi connectivity index (χ1v) is 6.33. The van der Waals surface area contributed by atoms with Gasteiger partial charge in [-0.3, -0.25) is 4.68 Å². The molecule has 108 valence electrons. The molecule has 0 N–H and O–H groups in total. The van der Waals surface area contributed by atoms with E-state index < -0.39 is 5.97 Å². The first-order chi connectivity index (χ1) is 10.2. The van der Waals surface area contributed by atoms with E-state index in [9.17, 15) is 4.79 Å². The summed E-state index contributed by atoms with van der Waals surface area (Å²) in [4.78, 5) is 15.0. The minimum Gasteiger partial charge on any atom is -0.494 e. The molecule has 0 aliphatic carbocycles. The van der Waals surface area contributed by atoms with Crippen LogP contribution in [0.2, 0.25) is 0 Å². The molecule has 0 radical (unpaired) electrons. The summed E-state index contributed by atoms with van der Waals surface area (Å²) in [7, 11) is 1.29. The van der Waals surface area contributed by atoms with Crippen LogP contribution in [-0.2, 0) is 11.3 Å². The third-order valence-corrected chi connectivity index (χ3v) is 2.69. The van der Waals surface area contributed by atoms with Crippen LogP contribution in [-0.4, -0.2) is 34.5 Å². The standard InChI is InChI=1S/C14H14N4O3/c1-20-14(19)13-16-10-18(17-13)7-2-8-21-12-5-3-11(9-15)4-6-12/h3-6,10H,2,7-8H2,1H3. The predicted molar refractivity (Wildman–Crippen MR) is 72.6 cm³/mol. The molecule has 1 aromatic heterocycles. The second kappa shape index (κ2) is 7.05. The molecule has 7 nitrogen and oxygen atoms in total. The molecule has 0 unspecified atom stereocenters. The van der Waals surface area contributed by atoms with Crippen molar-refractivity contribution in [2.24, 2.45) is 0 Å². The smallest absolute Gasteiger partial charge is 0.377 e. The Balaban J connectivity index is 1.75. The Morgan fingerprint density at radius 3 is 2.81 bits per heavy atom. The summed E-state index contributed by atoms with van der Waals surface area (Å²) < 4.78 is 11.6. The summed E-state index contributed by atoms with van der Waals surface area (Å²) in [6, 6.07) is 8.96. The van der Waals surface area contributed by atoms with Crippen molar-refractivity contribution >= 4 is 5.97 Å².